The van der Waals surface area contributed by atoms with Gasteiger partial charge in [0, 0.05) is 0 Å². The second kappa shape index (κ2) is 4.35. The molecule has 0 amide bonds. The zero-order valence-electron chi connectivity index (χ0n) is 5.70. The van der Waals surface area contributed by atoms with Crippen molar-refractivity contribution in [1.29, 1.82) is 0 Å². The molecular weight excluding hydrogens is 115 g/mol. The lowest BCUT2D eigenvalue weighted by molar-refractivity contribution is 0.419. The molecule has 9 heavy (non-hydrogen) atoms. The van der Waals surface area contributed by atoms with Crippen molar-refractivity contribution in [2.24, 2.45) is 0 Å². The quantitative estimate of drug-likeness (QED) is 0.418. The van der Waals surface area contributed by atoms with E-state index in [0.717, 1.165) is 0 Å². The Balaban J connectivity index is 3.84. The van der Waals surface area contributed by atoms with Gasteiger partial charge in [0.1, 0.15) is 0 Å². The van der Waals surface area contributed by atoms with Gasteiger partial charge in [-0.3, -0.25) is 0 Å². The molecule has 2 N–H and O–H groups in total. The van der Waals surface area contributed by atoms with Gasteiger partial charge in [0.15, 0.2) is 0 Å². The van der Waals surface area contributed by atoms with Gasteiger partial charge in [0.05, 0.1) is 0 Å². The van der Waals surface area contributed by atoms with Crippen molar-refractivity contribution in [1.82, 2.24) is 0 Å². The van der Waals surface area contributed by atoms with Crippen LogP contribution in [0.4, 0.5) is 0 Å². The molecule has 0 bridgehead atoms. The van der Waals surface area contributed by atoms with Crippen molar-refractivity contribution in [3.05, 3.63) is 23.7 Å². The third-order valence-electron chi connectivity index (χ3n) is 0.959. The van der Waals surface area contributed by atoms with Gasteiger partial charge in [-0.15, -0.1) is 0 Å². The van der Waals surface area contributed by atoms with E-state index >= 15 is 0 Å². The number of rotatable bonds is 2. The molecule has 0 aromatic rings. The van der Waals surface area contributed by atoms with Crippen LogP contribution in [0.1, 0.15) is 13.8 Å². The summed E-state index contributed by atoms with van der Waals surface area (Å²) in [5.74, 6) is 0. The van der Waals surface area contributed by atoms with Crippen molar-refractivity contribution in [3.63, 3.8) is 0 Å². The molecule has 0 aliphatic rings. The highest BCUT2D eigenvalue weighted by Crippen LogP contribution is 1.93. The smallest absolute Gasteiger partial charge is 0.423 e. The van der Waals surface area contributed by atoms with Crippen LogP contribution in [-0.2, 0) is 0 Å². The van der Waals surface area contributed by atoms with Crippen molar-refractivity contribution < 1.29 is 10.0 Å². The van der Waals surface area contributed by atoms with Crippen molar-refractivity contribution >= 4 is 7.12 Å². The third kappa shape index (κ3) is 4.00. The zero-order valence-corrected chi connectivity index (χ0v) is 5.70. The van der Waals surface area contributed by atoms with E-state index in [4.69, 9.17) is 10.0 Å². The fourth-order valence-corrected chi connectivity index (χ4v) is 0.334. The van der Waals surface area contributed by atoms with Crippen molar-refractivity contribution in [2.45, 2.75) is 13.8 Å². The fourth-order valence-electron chi connectivity index (χ4n) is 0.334. The van der Waals surface area contributed by atoms with Gasteiger partial charge in [0.25, 0.3) is 0 Å². The molecular formula is C6H11BO2. The van der Waals surface area contributed by atoms with Crippen molar-refractivity contribution in [3.8, 4) is 0 Å². The van der Waals surface area contributed by atoms with Crippen LogP contribution in [0.25, 0.3) is 0 Å². The standard InChI is InChI=1S/C6H11BO2/c1-3-4-5-6(2)7(8)9/h3-5,8-9H,1-2H3/b4-3-,6-5+. The molecule has 0 saturated carbocycles. The first kappa shape index (κ1) is 8.46. The van der Waals surface area contributed by atoms with Crippen LogP contribution in [0, 0.1) is 0 Å². The number of hydrogen-bond acceptors (Lipinski definition) is 2. The second-order valence-electron chi connectivity index (χ2n) is 1.81. The minimum absolute atomic E-state index is 0.549. The van der Waals surface area contributed by atoms with Gasteiger partial charge in [0.2, 0.25) is 0 Å². The number of allylic oxidation sites excluding steroid dienone is 4. The number of hydrogen-bond donors (Lipinski definition) is 2. The Bertz CT molecular complexity index is 127. The summed E-state index contributed by atoms with van der Waals surface area (Å²) in [6.07, 6.45) is 5.24. The van der Waals surface area contributed by atoms with E-state index in [9.17, 15) is 0 Å². The van der Waals surface area contributed by atoms with Gasteiger partial charge >= 0.3 is 7.12 Å². The third-order valence-corrected chi connectivity index (χ3v) is 0.959. The van der Waals surface area contributed by atoms with Crippen LogP contribution >= 0.6 is 0 Å². The van der Waals surface area contributed by atoms with Crippen LogP contribution in [0.15, 0.2) is 23.7 Å². The summed E-state index contributed by atoms with van der Waals surface area (Å²) in [5, 5.41) is 17.0. The molecule has 0 atom stereocenters. The van der Waals surface area contributed by atoms with Crippen LogP contribution in [0.2, 0.25) is 0 Å². The molecule has 0 fully saturated rings. The monoisotopic (exact) mass is 126 g/mol. The lowest BCUT2D eigenvalue weighted by Gasteiger charge is -1.92. The van der Waals surface area contributed by atoms with E-state index in [1.807, 2.05) is 13.0 Å². The Morgan fingerprint density at radius 1 is 1.44 bits per heavy atom. The topological polar surface area (TPSA) is 40.5 Å². The van der Waals surface area contributed by atoms with Gasteiger partial charge in [-0.05, 0) is 19.3 Å². The Kier molecular flexibility index (Phi) is 4.10. The maximum atomic E-state index is 8.50. The van der Waals surface area contributed by atoms with Crippen LogP contribution in [0.5, 0.6) is 0 Å². The summed E-state index contributed by atoms with van der Waals surface area (Å²) in [4.78, 5) is 0. The minimum atomic E-state index is -1.32. The van der Waals surface area contributed by atoms with Crippen LogP contribution < -0.4 is 0 Å². The molecule has 0 unspecified atom stereocenters. The summed E-state index contributed by atoms with van der Waals surface area (Å²) < 4.78 is 0. The van der Waals surface area contributed by atoms with Crippen LogP contribution in [0.3, 0.4) is 0 Å². The molecule has 0 rings (SSSR count). The van der Waals surface area contributed by atoms with E-state index < -0.39 is 7.12 Å². The largest absolute Gasteiger partial charge is 0.483 e. The first-order valence-corrected chi connectivity index (χ1v) is 2.84. The molecule has 0 aromatic heterocycles. The van der Waals surface area contributed by atoms with E-state index in [1.165, 1.54) is 0 Å². The lowest BCUT2D eigenvalue weighted by Crippen LogP contribution is -2.12. The SMILES string of the molecule is C/C=C\C=C(/C)B(O)O. The normalized spacial score (nSPS) is 12.7. The highest BCUT2D eigenvalue weighted by atomic mass is 16.4. The second-order valence-corrected chi connectivity index (χ2v) is 1.81. The fraction of sp³-hybridized carbons (Fsp3) is 0.333. The first-order chi connectivity index (χ1) is 4.18. The predicted molar refractivity (Wildman–Crippen MR) is 38.8 cm³/mol. The van der Waals surface area contributed by atoms with E-state index in [-0.39, 0.29) is 0 Å². The van der Waals surface area contributed by atoms with Gasteiger partial charge in [-0.1, -0.05) is 18.2 Å². The highest BCUT2D eigenvalue weighted by molar-refractivity contribution is 6.50. The molecule has 50 valence electrons. The Morgan fingerprint density at radius 3 is 2.33 bits per heavy atom. The van der Waals surface area contributed by atoms with E-state index in [0.29, 0.717) is 5.47 Å². The van der Waals surface area contributed by atoms with Crippen LogP contribution in [-0.4, -0.2) is 17.2 Å². The lowest BCUT2D eigenvalue weighted by atomic mass is 9.80. The molecule has 0 radical (unpaired) electrons. The summed E-state index contributed by atoms with van der Waals surface area (Å²) in [7, 11) is -1.32. The molecule has 0 aliphatic heterocycles. The molecule has 3 heteroatoms. The molecule has 0 spiro atoms. The van der Waals surface area contributed by atoms with Gasteiger partial charge < -0.3 is 10.0 Å². The Morgan fingerprint density at radius 2 is 2.00 bits per heavy atom. The minimum Gasteiger partial charge on any atom is -0.423 e. The Labute approximate surface area is 55.7 Å². The maximum Gasteiger partial charge on any atom is 0.483 e. The van der Waals surface area contributed by atoms with Gasteiger partial charge in [-0.2, -0.15) is 0 Å². The summed E-state index contributed by atoms with van der Waals surface area (Å²) in [5.41, 5.74) is 0.549. The molecule has 0 aliphatic carbocycles. The molecule has 2 nitrogen and oxygen atoms in total. The van der Waals surface area contributed by atoms with E-state index in [2.05, 4.69) is 0 Å². The molecule has 0 heterocycles. The predicted octanol–water partition coefficient (Wildman–Crippen LogP) is 0.521. The molecule has 0 aromatic carbocycles. The zero-order chi connectivity index (χ0) is 7.28. The van der Waals surface area contributed by atoms with Gasteiger partial charge in [-0.25, -0.2) is 0 Å². The average Bonchev–Trinajstić information content (AvgIpc) is 1.82. The maximum absolute atomic E-state index is 8.50. The summed E-state index contributed by atoms with van der Waals surface area (Å²) in [6, 6.07) is 0. The summed E-state index contributed by atoms with van der Waals surface area (Å²) in [6.45, 7) is 3.53. The Hall–Kier alpha value is -0.535. The highest BCUT2D eigenvalue weighted by Gasteiger charge is 2.06. The average molecular weight is 126 g/mol. The summed E-state index contributed by atoms with van der Waals surface area (Å²) >= 11 is 0. The van der Waals surface area contributed by atoms with Crippen molar-refractivity contribution in [2.75, 3.05) is 0 Å². The molecule has 0 saturated heterocycles. The van der Waals surface area contributed by atoms with E-state index in [1.54, 1.807) is 19.1 Å². The first-order valence-electron chi connectivity index (χ1n) is 2.84.